The largest absolute Gasteiger partial charge is 0.338 e. The molecule has 0 saturated heterocycles. The summed E-state index contributed by atoms with van der Waals surface area (Å²) in [5.41, 5.74) is 5.34. The van der Waals surface area contributed by atoms with E-state index in [0.717, 1.165) is 40.1 Å². The predicted molar refractivity (Wildman–Crippen MR) is 108 cm³/mol. The van der Waals surface area contributed by atoms with Gasteiger partial charge in [-0.3, -0.25) is 9.78 Å². The van der Waals surface area contributed by atoms with Gasteiger partial charge in [-0.25, -0.2) is 0 Å². The Labute approximate surface area is 156 Å². The summed E-state index contributed by atoms with van der Waals surface area (Å²) in [7, 11) is 0. The lowest BCUT2D eigenvalue weighted by Gasteiger charge is -2.06. The Morgan fingerprint density at radius 1 is 1.19 bits per heavy atom. The average molecular weight is 348 g/mol. The number of rotatable bonds is 5. The highest BCUT2D eigenvalue weighted by Gasteiger charge is 2.13. The normalized spacial score (nSPS) is 13.3. The number of Topliss-reactive ketones (excluding diaryl/α,β-unsaturated/α-hetero) is 1. The van der Waals surface area contributed by atoms with Crippen LogP contribution in [0.3, 0.4) is 0 Å². The van der Waals surface area contributed by atoms with E-state index in [4.69, 9.17) is 0 Å². The van der Waals surface area contributed by atoms with Crippen molar-refractivity contribution in [1.82, 2.24) is 9.55 Å². The maximum absolute atomic E-state index is 12.0. The molecule has 1 aliphatic carbocycles. The maximum Gasteiger partial charge on any atom is 0.152 e. The molecule has 1 fully saturated rings. The Morgan fingerprint density at radius 2 is 1.88 bits per heavy atom. The lowest BCUT2D eigenvalue weighted by atomic mass is 10.1. The van der Waals surface area contributed by atoms with E-state index < -0.39 is 0 Å². The molecule has 1 saturated carbocycles. The Kier molecular flexibility index (Phi) is 5.87. The minimum atomic E-state index is 0.268. The van der Waals surface area contributed by atoms with Gasteiger partial charge in [0.25, 0.3) is 0 Å². The second kappa shape index (κ2) is 8.31. The van der Waals surface area contributed by atoms with Gasteiger partial charge in [0.1, 0.15) is 0 Å². The van der Waals surface area contributed by atoms with E-state index in [9.17, 15) is 4.79 Å². The molecule has 136 valence electrons. The van der Waals surface area contributed by atoms with Crippen molar-refractivity contribution in [3.8, 4) is 11.1 Å². The van der Waals surface area contributed by atoms with Gasteiger partial charge in [0.15, 0.2) is 5.78 Å². The van der Waals surface area contributed by atoms with Gasteiger partial charge in [-0.2, -0.15) is 0 Å². The molecule has 3 nitrogen and oxygen atoms in total. The molecule has 0 unspecified atom stereocenters. The molecule has 0 atom stereocenters. The van der Waals surface area contributed by atoms with E-state index in [1.165, 1.54) is 12.8 Å². The molecule has 1 aromatic carbocycles. The predicted octanol–water partition coefficient (Wildman–Crippen LogP) is 5.80. The first-order valence-electron chi connectivity index (χ1n) is 9.61. The molecule has 2 aromatic heterocycles. The zero-order valence-electron chi connectivity index (χ0n) is 16.0. The SMILES string of the molecule is CC1CC1.CCCC(=O)Cn1cc(C)c2ncc(-c3ccccc3)cc21. The van der Waals surface area contributed by atoms with Gasteiger partial charge in [-0.15, -0.1) is 0 Å². The van der Waals surface area contributed by atoms with Crippen LogP contribution in [-0.4, -0.2) is 15.3 Å². The molecule has 0 radical (unpaired) electrons. The minimum absolute atomic E-state index is 0.268. The van der Waals surface area contributed by atoms with Crippen molar-refractivity contribution in [2.24, 2.45) is 5.92 Å². The van der Waals surface area contributed by atoms with Gasteiger partial charge in [0.2, 0.25) is 0 Å². The summed E-state index contributed by atoms with van der Waals surface area (Å²) in [4.78, 5) is 16.6. The quantitative estimate of drug-likeness (QED) is 0.584. The summed E-state index contributed by atoms with van der Waals surface area (Å²) in [6.07, 6.45) is 8.43. The first kappa shape index (κ1) is 18.4. The van der Waals surface area contributed by atoms with Crippen LogP contribution in [0.4, 0.5) is 0 Å². The lowest BCUT2D eigenvalue weighted by molar-refractivity contribution is -0.119. The number of benzene rings is 1. The zero-order valence-corrected chi connectivity index (χ0v) is 16.0. The van der Waals surface area contributed by atoms with Gasteiger partial charge in [-0.05, 0) is 36.5 Å². The minimum Gasteiger partial charge on any atom is -0.338 e. The molecule has 4 rings (SSSR count). The molecule has 2 heterocycles. The van der Waals surface area contributed by atoms with Crippen molar-refractivity contribution in [2.45, 2.75) is 53.0 Å². The fourth-order valence-corrected chi connectivity index (χ4v) is 2.97. The molecule has 3 heteroatoms. The number of nitrogens with zero attached hydrogens (tertiary/aromatic N) is 2. The number of hydrogen-bond donors (Lipinski definition) is 0. The molecule has 0 spiro atoms. The highest BCUT2D eigenvalue weighted by atomic mass is 16.1. The van der Waals surface area contributed by atoms with Crippen LogP contribution in [0, 0.1) is 12.8 Å². The van der Waals surface area contributed by atoms with Crippen LogP contribution >= 0.6 is 0 Å². The Bertz CT molecular complexity index is 876. The molecule has 0 aliphatic heterocycles. The summed E-state index contributed by atoms with van der Waals surface area (Å²) in [6.45, 7) is 6.78. The first-order chi connectivity index (χ1) is 12.6. The Morgan fingerprint density at radius 3 is 2.50 bits per heavy atom. The molecule has 26 heavy (non-hydrogen) atoms. The van der Waals surface area contributed by atoms with Crippen LogP contribution in [0.1, 0.15) is 45.1 Å². The average Bonchev–Trinajstić information content (AvgIpc) is 3.37. The van der Waals surface area contributed by atoms with Crippen LogP contribution in [0.2, 0.25) is 0 Å². The monoisotopic (exact) mass is 348 g/mol. The molecular formula is C23H28N2O. The fraction of sp³-hybridized carbons (Fsp3) is 0.391. The van der Waals surface area contributed by atoms with Crippen molar-refractivity contribution in [1.29, 1.82) is 0 Å². The lowest BCUT2D eigenvalue weighted by Crippen LogP contribution is -2.08. The second-order valence-corrected chi connectivity index (χ2v) is 7.37. The van der Waals surface area contributed by atoms with Crippen molar-refractivity contribution in [3.05, 3.63) is 54.4 Å². The maximum atomic E-state index is 12.0. The van der Waals surface area contributed by atoms with Crippen molar-refractivity contribution >= 4 is 16.8 Å². The van der Waals surface area contributed by atoms with Gasteiger partial charge < -0.3 is 4.57 Å². The van der Waals surface area contributed by atoms with E-state index in [1.54, 1.807) is 0 Å². The molecule has 0 bridgehead atoms. The van der Waals surface area contributed by atoms with Crippen LogP contribution in [0.5, 0.6) is 0 Å². The summed E-state index contributed by atoms with van der Waals surface area (Å²) in [5.74, 6) is 1.35. The van der Waals surface area contributed by atoms with E-state index in [2.05, 4.69) is 30.1 Å². The summed E-state index contributed by atoms with van der Waals surface area (Å²) in [6, 6.07) is 12.3. The number of ketones is 1. The smallest absolute Gasteiger partial charge is 0.152 e. The topological polar surface area (TPSA) is 34.9 Å². The van der Waals surface area contributed by atoms with Crippen LogP contribution in [0.15, 0.2) is 48.8 Å². The highest BCUT2D eigenvalue weighted by Crippen LogP contribution is 2.27. The van der Waals surface area contributed by atoms with Crippen molar-refractivity contribution in [2.75, 3.05) is 0 Å². The Hall–Kier alpha value is -2.42. The summed E-state index contributed by atoms with van der Waals surface area (Å²) < 4.78 is 2.03. The molecule has 1 aliphatic rings. The van der Waals surface area contributed by atoms with E-state index in [-0.39, 0.29) is 5.78 Å². The molecular weight excluding hydrogens is 320 g/mol. The van der Waals surface area contributed by atoms with Crippen molar-refractivity contribution < 1.29 is 4.79 Å². The number of hydrogen-bond acceptors (Lipinski definition) is 2. The van der Waals surface area contributed by atoms with Crippen LogP contribution in [0.25, 0.3) is 22.2 Å². The second-order valence-electron chi connectivity index (χ2n) is 7.37. The van der Waals surface area contributed by atoms with Crippen LogP contribution in [-0.2, 0) is 11.3 Å². The number of carbonyl (C=O) groups excluding carboxylic acids is 1. The number of fused-ring (bicyclic) bond motifs is 1. The highest BCUT2D eigenvalue weighted by molar-refractivity contribution is 5.86. The van der Waals surface area contributed by atoms with Crippen LogP contribution < -0.4 is 0 Å². The van der Waals surface area contributed by atoms with Gasteiger partial charge >= 0.3 is 0 Å². The summed E-state index contributed by atoms with van der Waals surface area (Å²) >= 11 is 0. The van der Waals surface area contributed by atoms with E-state index in [1.807, 2.05) is 49.0 Å². The van der Waals surface area contributed by atoms with Gasteiger partial charge in [0.05, 0.1) is 17.6 Å². The molecule has 0 N–H and O–H groups in total. The number of carbonyl (C=O) groups is 1. The number of aryl methyl sites for hydroxylation is 1. The van der Waals surface area contributed by atoms with E-state index in [0.29, 0.717) is 13.0 Å². The Balaban J connectivity index is 0.000000433. The fourth-order valence-electron chi connectivity index (χ4n) is 2.97. The zero-order chi connectivity index (χ0) is 18.5. The first-order valence-corrected chi connectivity index (χ1v) is 9.61. The van der Waals surface area contributed by atoms with E-state index >= 15 is 0 Å². The van der Waals surface area contributed by atoms with Gasteiger partial charge in [0, 0.05) is 24.4 Å². The number of pyridine rings is 1. The standard InChI is InChI=1S/C19H20N2O.C4H8/c1-3-7-17(22)13-21-12-14(2)19-18(21)10-16(11-20-19)15-8-5-4-6-9-15;1-4-2-3-4/h4-6,8-12H,3,7,13H2,1-2H3;4H,2-3H2,1H3. The number of aromatic nitrogens is 2. The summed E-state index contributed by atoms with van der Waals surface area (Å²) in [5, 5.41) is 0. The molecule has 0 amide bonds. The third-order valence-corrected chi connectivity index (χ3v) is 4.75. The van der Waals surface area contributed by atoms with Gasteiger partial charge in [-0.1, -0.05) is 57.0 Å². The third-order valence-electron chi connectivity index (χ3n) is 4.75. The van der Waals surface area contributed by atoms with Crippen molar-refractivity contribution in [3.63, 3.8) is 0 Å². The molecule has 3 aromatic rings. The third kappa shape index (κ3) is 4.60.